The van der Waals surface area contributed by atoms with Gasteiger partial charge in [-0.25, -0.2) is 0 Å². The number of benzene rings is 1. The monoisotopic (exact) mass is 262 g/mol. The summed E-state index contributed by atoms with van der Waals surface area (Å²) in [7, 11) is 0. The first kappa shape index (κ1) is 13.4. The Kier molecular flexibility index (Phi) is 4.04. The van der Waals surface area contributed by atoms with Gasteiger partial charge >= 0.3 is 5.97 Å². The number of aliphatic carboxylic acids is 1. The van der Waals surface area contributed by atoms with Crippen LogP contribution in [0.15, 0.2) is 24.3 Å². The first-order valence-corrected chi connectivity index (χ1v) is 6.37. The fourth-order valence-electron chi connectivity index (χ4n) is 2.28. The third-order valence-corrected chi connectivity index (χ3v) is 3.38. The maximum absolute atomic E-state index is 11.2. The third-order valence-electron chi connectivity index (χ3n) is 3.38. The lowest BCUT2D eigenvalue weighted by atomic mass is 10.1. The van der Waals surface area contributed by atoms with Gasteiger partial charge in [0.2, 0.25) is 5.91 Å². The zero-order valence-electron chi connectivity index (χ0n) is 11.0. The molecule has 1 aliphatic rings. The Morgan fingerprint density at radius 3 is 2.16 bits per heavy atom. The van der Waals surface area contributed by atoms with Crippen LogP contribution < -0.4 is 4.90 Å². The zero-order chi connectivity index (χ0) is 13.8. The van der Waals surface area contributed by atoms with E-state index in [4.69, 9.17) is 5.11 Å². The van der Waals surface area contributed by atoms with Crippen molar-refractivity contribution in [2.75, 3.05) is 31.1 Å². The minimum absolute atomic E-state index is 0.0540. The number of piperazine rings is 1. The van der Waals surface area contributed by atoms with E-state index in [2.05, 4.69) is 4.90 Å². The minimum atomic E-state index is -0.817. The fourth-order valence-corrected chi connectivity index (χ4v) is 2.28. The van der Waals surface area contributed by atoms with Crippen molar-refractivity contribution < 1.29 is 14.7 Å². The van der Waals surface area contributed by atoms with E-state index in [0.717, 1.165) is 37.4 Å². The van der Waals surface area contributed by atoms with E-state index < -0.39 is 5.97 Å². The molecule has 2 rings (SSSR count). The van der Waals surface area contributed by atoms with Crippen molar-refractivity contribution in [3.8, 4) is 0 Å². The Balaban J connectivity index is 1.96. The summed E-state index contributed by atoms with van der Waals surface area (Å²) < 4.78 is 0. The molecule has 1 heterocycles. The van der Waals surface area contributed by atoms with Gasteiger partial charge in [0.05, 0.1) is 6.42 Å². The Morgan fingerprint density at radius 1 is 1.11 bits per heavy atom. The first-order chi connectivity index (χ1) is 9.06. The van der Waals surface area contributed by atoms with Crippen LogP contribution in [0.3, 0.4) is 0 Å². The zero-order valence-corrected chi connectivity index (χ0v) is 11.0. The maximum atomic E-state index is 11.2. The van der Waals surface area contributed by atoms with Gasteiger partial charge in [-0.3, -0.25) is 9.59 Å². The third kappa shape index (κ3) is 3.47. The van der Waals surface area contributed by atoms with E-state index in [1.165, 1.54) is 0 Å². The Hall–Kier alpha value is -2.04. The molecule has 1 aromatic carbocycles. The Bertz CT molecular complexity index is 462. The lowest BCUT2D eigenvalue weighted by Crippen LogP contribution is -2.48. The van der Waals surface area contributed by atoms with Gasteiger partial charge < -0.3 is 14.9 Å². The number of anilines is 1. The predicted octanol–water partition coefficient (Wildman–Crippen LogP) is 0.982. The quantitative estimate of drug-likeness (QED) is 0.882. The smallest absolute Gasteiger partial charge is 0.307 e. The van der Waals surface area contributed by atoms with Crippen LogP contribution in [0, 0.1) is 0 Å². The Morgan fingerprint density at radius 2 is 1.68 bits per heavy atom. The second-order valence-electron chi connectivity index (χ2n) is 4.73. The van der Waals surface area contributed by atoms with E-state index in [9.17, 15) is 9.59 Å². The van der Waals surface area contributed by atoms with Gasteiger partial charge in [0.25, 0.3) is 0 Å². The fraction of sp³-hybridized carbons (Fsp3) is 0.429. The second-order valence-corrected chi connectivity index (χ2v) is 4.73. The minimum Gasteiger partial charge on any atom is -0.481 e. The highest BCUT2D eigenvalue weighted by molar-refractivity contribution is 5.73. The van der Waals surface area contributed by atoms with E-state index >= 15 is 0 Å². The number of carboxylic acid groups (broad SMARTS) is 1. The molecule has 0 saturated carbocycles. The van der Waals surface area contributed by atoms with Crippen LogP contribution >= 0.6 is 0 Å². The van der Waals surface area contributed by atoms with Crippen molar-refractivity contribution in [2.45, 2.75) is 13.3 Å². The molecule has 0 bridgehead atoms. The maximum Gasteiger partial charge on any atom is 0.307 e. The van der Waals surface area contributed by atoms with Crippen LogP contribution in [0.2, 0.25) is 0 Å². The van der Waals surface area contributed by atoms with E-state index in [1.807, 2.05) is 29.2 Å². The number of carboxylic acids is 1. The molecule has 19 heavy (non-hydrogen) atoms. The molecule has 1 aromatic rings. The topological polar surface area (TPSA) is 60.9 Å². The number of hydrogen-bond acceptors (Lipinski definition) is 3. The summed E-state index contributed by atoms with van der Waals surface area (Å²) in [4.78, 5) is 25.9. The molecule has 1 aliphatic heterocycles. The highest BCUT2D eigenvalue weighted by Crippen LogP contribution is 2.17. The largest absolute Gasteiger partial charge is 0.481 e. The van der Waals surface area contributed by atoms with Crippen LogP contribution in [0.4, 0.5) is 5.69 Å². The summed E-state index contributed by atoms with van der Waals surface area (Å²) in [6.07, 6.45) is 0.0540. The molecule has 5 nitrogen and oxygen atoms in total. The number of amides is 1. The molecule has 0 radical (unpaired) electrons. The van der Waals surface area contributed by atoms with Crippen LogP contribution in [0.5, 0.6) is 0 Å². The van der Waals surface area contributed by atoms with Crippen LogP contribution in [0.1, 0.15) is 12.5 Å². The predicted molar refractivity (Wildman–Crippen MR) is 72.2 cm³/mol. The number of carbonyl (C=O) groups excluding carboxylic acids is 1. The standard InChI is InChI=1S/C14H18N2O3/c1-11(17)15-6-8-16(9-7-15)13-4-2-12(3-5-13)10-14(18)19/h2-5H,6-10H2,1H3,(H,18,19). The highest BCUT2D eigenvalue weighted by Gasteiger charge is 2.18. The van der Waals surface area contributed by atoms with E-state index in [-0.39, 0.29) is 12.3 Å². The van der Waals surface area contributed by atoms with Crippen molar-refractivity contribution in [1.82, 2.24) is 4.90 Å². The van der Waals surface area contributed by atoms with Gasteiger partial charge in [-0.1, -0.05) is 12.1 Å². The molecule has 0 atom stereocenters. The lowest BCUT2D eigenvalue weighted by Gasteiger charge is -2.35. The average Bonchev–Trinajstić information content (AvgIpc) is 2.39. The summed E-state index contributed by atoms with van der Waals surface area (Å²) in [6, 6.07) is 7.59. The average molecular weight is 262 g/mol. The van der Waals surface area contributed by atoms with Crippen LogP contribution in [0.25, 0.3) is 0 Å². The summed E-state index contributed by atoms with van der Waals surface area (Å²) in [5.74, 6) is -0.695. The van der Waals surface area contributed by atoms with Crippen molar-refractivity contribution in [3.05, 3.63) is 29.8 Å². The second kappa shape index (κ2) is 5.73. The molecular weight excluding hydrogens is 244 g/mol. The van der Waals surface area contributed by atoms with Gasteiger partial charge in [-0.15, -0.1) is 0 Å². The molecule has 1 amide bonds. The number of hydrogen-bond donors (Lipinski definition) is 1. The number of nitrogens with zero attached hydrogens (tertiary/aromatic N) is 2. The summed E-state index contributed by atoms with van der Waals surface area (Å²) in [5.41, 5.74) is 1.89. The van der Waals surface area contributed by atoms with E-state index in [1.54, 1.807) is 6.92 Å². The van der Waals surface area contributed by atoms with Crippen LogP contribution in [-0.4, -0.2) is 48.1 Å². The summed E-state index contributed by atoms with van der Waals surface area (Å²) >= 11 is 0. The molecule has 0 spiro atoms. The van der Waals surface area contributed by atoms with Gasteiger partial charge in [-0.2, -0.15) is 0 Å². The SMILES string of the molecule is CC(=O)N1CCN(c2ccc(CC(=O)O)cc2)CC1. The van der Waals surface area contributed by atoms with Gasteiger partial charge in [0.1, 0.15) is 0 Å². The molecule has 1 saturated heterocycles. The molecular formula is C14H18N2O3. The molecule has 0 aliphatic carbocycles. The summed E-state index contributed by atoms with van der Waals surface area (Å²) in [6.45, 7) is 4.71. The molecule has 102 valence electrons. The summed E-state index contributed by atoms with van der Waals surface area (Å²) in [5, 5.41) is 8.72. The van der Waals surface area contributed by atoms with Gasteiger partial charge in [0.15, 0.2) is 0 Å². The lowest BCUT2D eigenvalue weighted by molar-refractivity contribution is -0.136. The highest BCUT2D eigenvalue weighted by atomic mass is 16.4. The van der Waals surface area contributed by atoms with Gasteiger partial charge in [-0.05, 0) is 17.7 Å². The molecule has 1 N–H and O–H groups in total. The molecule has 0 aromatic heterocycles. The van der Waals surface area contributed by atoms with Crippen molar-refractivity contribution >= 4 is 17.6 Å². The Labute approximate surface area is 112 Å². The van der Waals surface area contributed by atoms with Gasteiger partial charge in [0, 0.05) is 38.8 Å². The van der Waals surface area contributed by atoms with Crippen molar-refractivity contribution in [1.29, 1.82) is 0 Å². The first-order valence-electron chi connectivity index (χ1n) is 6.37. The molecule has 0 unspecified atom stereocenters. The van der Waals surface area contributed by atoms with E-state index in [0.29, 0.717) is 0 Å². The molecule has 1 fully saturated rings. The van der Waals surface area contributed by atoms with Crippen molar-refractivity contribution in [3.63, 3.8) is 0 Å². The number of carbonyl (C=O) groups is 2. The van der Waals surface area contributed by atoms with Crippen LogP contribution in [-0.2, 0) is 16.0 Å². The number of rotatable bonds is 3. The van der Waals surface area contributed by atoms with Crippen molar-refractivity contribution in [2.24, 2.45) is 0 Å². The normalized spacial score (nSPS) is 15.4. The molecule has 5 heteroatoms.